The third-order valence-electron chi connectivity index (χ3n) is 2.61. The summed E-state index contributed by atoms with van der Waals surface area (Å²) < 4.78 is 41.7. The largest absolute Gasteiger partial charge is 0.446 e. The number of carbonyl (C=O) groups excluding carboxylic acids is 1. The summed E-state index contributed by atoms with van der Waals surface area (Å²) in [5, 5.41) is 2.27. The van der Waals surface area contributed by atoms with Gasteiger partial charge < -0.3 is 10.1 Å². The van der Waals surface area contributed by atoms with Gasteiger partial charge in [0.1, 0.15) is 6.10 Å². The highest BCUT2D eigenvalue weighted by Crippen LogP contribution is 2.38. The van der Waals surface area contributed by atoms with Gasteiger partial charge in [-0.2, -0.15) is 13.2 Å². The fourth-order valence-corrected chi connectivity index (χ4v) is 1.72. The Labute approximate surface area is 86.0 Å². The minimum Gasteiger partial charge on any atom is -0.446 e. The lowest BCUT2D eigenvalue weighted by atomic mass is 9.87. The summed E-state index contributed by atoms with van der Waals surface area (Å²) in [6.07, 6.45) is -4.39. The Kier molecular flexibility index (Phi) is 3.82. The van der Waals surface area contributed by atoms with Crippen molar-refractivity contribution in [2.24, 2.45) is 5.92 Å². The average molecular weight is 225 g/mol. The molecule has 0 atom stereocenters. The first-order chi connectivity index (χ1) is 6.93. The van der Waals surface area contributed by atoms with Crippen LogP contribution in [0.4, 0.5) is 18.0 Å². The molecule has 6 heteroatoms. The van der Waals surface area contributed by atoms with Crippen LogP contribution in [0.3, 0.4) is 0 Å². The van der Waals surface area contributed by atoms with E-state index >= 15 is 0 Å². The van der Waals surface area contributed by atoms with Crippen molar-refractivity contribution in [1.29, 1.82) is 0 Å². The summed E-state index contributed by atoms with van der Waals surface area (Å²) in [5.74, 6) is -1.23. The second-order valence-corrected chi connectivity index (χ2v) is 3.67. The highest BCUT2D eigenvalue weighted by Gasteiger charge is 2.41. The minimum absolute atomic E-state index is 0.0468. The number of carbonyl (C=O) groups is 1. The van der Waals surface area contributed by atoms with Crippen molar-refractivity contribution in [2.45, 2.75) is 38.0 Å². The monoisotopic (exact) mass is 225 g/mol. The highest BCUT2D eigenvalue weighted by atomic mass is 19.4. The maximum atomic E-state index is 12.3. The first-order valence-corrected chi connectivity index (χ1v) is 4.88. The molecule has 1 aliphatic carbocycles. The number of ether oxygens (including phenoxy) is 1. The van der Waals surface area contributed by atoms with Gasteiger partial charge in [-0.3, -0.25) is 0 Å². The molecule has 0 aromatic rings. The molecule has 0 aromatic carbocycles. The standard InChI is InChI=1S/C9H14F3NO2/c1-13-8(14)15-7-4-2-6(3-5-7)9(10,11)12/h6-7H,2-5H2,1H3,(H,13,14). The Morgan fingerprint density at radius 3 is 2.20 bits per heavy atom. The molecule has 3 nitrogen and oxygen atoms in total. The molecule has 1 fully saturated rings. The van der Waals surface area contributed by atoms with E-state index in [2.05, 4.69) is 5.32 Å². The number of nitrogens with one attached hydrogen (secondary N) is 1. The molecular formula is C9H14F3NO2. The lowest BCUT2D eigenvalue weighted by Crippen LogP contribution is -2.33. The molecule has 0 aromatic heterocycles. The number of amides is 1. The van der Waals surface area contributed by atoms with E-state index < -0.39 is 18.2 Å². The van der Waals surface area contributed by atoms with Gasteiger partial charge in [0.25, 0.3) is 0 Å². The van der Waals surface area contributed by atoms with Crippen LogP contribution in [0.25, 0.3) is 0 Å². The maximum Gasteiger partial charge on any atom is 0.407 e. The molecule has 0 radical (unpaired) electrons. The summed E-state index contributed by atoms with van der Waals surface area (Å²) >= 11 is 0. The Hall–Kier alpha value is -0.940. The lowest BCUT2D eigenvalue weighted by molar-refractivity contribution is -0.185. The fraction of sp³-hybridized carbons (Fsp3) is 0.889. The minimum atomic E-state index is -4.11. The zero-order chi connectivity index (χ0) is 11.5. The quantitative estimate of drug-likeness (QED) is 0.744. The van der Waals surface area contributed by atoms with Gasteiger partial charge >= 0.3 is 12.3 Å². The molecule has 0 saturated heterocycles. The zero-order valence-corrected chi connectivity index (χ0v) is 8.43. The number of alkyl carbamates (subject to hydrolysis) is 1. The van der Waals surface area contributed by atoms with Crippen molar-refractivity contribution in [3.8, 4) is 0 Å². The maximum absolute atomic E-state index is 12.3. The Morgan fingerprint density at radius 2 is 1.80 bits per heavy atom. The summed E-state index contributed by atoms with van der Waals surface area (Å²) in [6.45, 7) is 0. The summed E-state index contributed by atoms with van der Waals surface area (Å²) in [7, 11) is 1.42. The third-order valence-corrected chi connectivity index (χ3v) is 2.61. The predicted octanol–water partition coefficient (Wildman–Crippen LogP) is 2.46. The number of hydrogen-bond acceptors (Lipinski definition) is 2. The molecule has 0 heterocycles. The van der Waals surface area contributed by atoms with Gasteiger partial charge in [0.2, 0.25) is 0 Å². The van der Waals surface area contributed by atoms with Gasteiger partial charge in [0, 0.05) is 7.05 Å². The molecule has 1 saturated carbocycles. The highest BCUT2D eigenvalue weighted by molar-refractivity contribution is 5.66. The fourth-order valence-electron chi connectivity index (χ4n) is 1.72. The SMILES string of the molecule is CNC(=O)OC1CCC(C(F)(F)F)CC1. The first-order valence-electron chi connectivity index (χ1n) is 4.88. The van der Waals surface area contributed by atoms with Crippen LogP contribution in [0.2, 0.25) is 0 Å². The zero-order valence-electron chi connectivity index (χ0n) is 8.43. The summed E-state index contributed by atoms with van der Waals surface area (Å²) in [5.41, 5.74) is 0. The van der Waals surface area contributed by atoms with E-state index in [0.717, 1.165) is 0 Å². The van der Waals surface area contributed by atoms with Gasteiger partial charge in [-0.05, 0) is 25.7 Å². The van der Waals surface area contributed by atoms with Crippen molar-refractivity contribution in [1.82, 2.24) is 5.32 Å². The molecule has 1 aliphatic rings. The Bertz CT molecular complexity index is 222. The van der Waals surface area contributed by atoms with Crippen LogP contribution in [0, 0.1) is 5.92 Å². The smallest absolute Gasteiger partial charge is 0.407 e. The van der Waals surface area contributed by atoms with Crippen molar-refractivity contribution < 1.29 is 22.7 Å². The molecule has 0 bridgehead atoms. The lowest BCUT2D eigenvalue weighted by Gasteiger charge is -2.29. The van der Waals surface area contributed by atoms with E-state index in [9.17, 15) is 18.0 Å². The van der Waals surface area contributed by atoms with Crippen molar-refractivity contribution in [2.75, 3.05) is 7.05 Å². The Balaban J connectivity index is 2.33. The van der Waals surface area contributed by atoms with Crippen LogP contribution in [0.15, 0.2) is 0 Å². The van der Waals surface area contributed by atoms with Gasteiger partial charge in [-0.15, -0.1) is 0 Å². The van der Waals surface area contributed by atoms with Crippen LogP contribution < -0.4 is 5.32 Å². The van der Waals surface area contributed by atoms with Gasteiger partial charge in [-0.25, -0.2) is 4.79 Å². The third kappa shape index (κ3) is 3.60. The number of halogens is 3. The predicted molar refractivity (Wildman–Crippen MR) is 47.3 cm³/mol. The normalized spacial score (nSPS) is 27.2. The molecule has 15 heavy (non-hydrogen) atoms. The molecule has 0 unspecified atom stereocenters. The van der Waals surface area contributed by atoms with Crippen molar-refractivity contribution in [3.05, 3.63) is 0 Å². The van der Waals surface area contributed by atoms with Crippen LogP contribution in [0.5, 0.6) is 0 Å². The molecule has 1 N–H and O–H groups in total. The van der Waals surface area contributed by atoms with E-state index in [1.807, 2.05) is 0 Å². The van der Waals surface area contributed by atoms with Crippen LogP contribution in [0.1, 0.15) is 25.7 Å². The number of alkyl halides is 3. The molecular weight excluding hydrogens is 211 g/mol. The van der Waals surface area contributed by atoms with Crippen LogP contribution in [-0.2, 0) is 4.74 Å². The summed E-state index contributed by atoms with van der Waals surface area (Å²) in [6, 6.07) is 0. The Morgan fingerprint density at radius 1 is 1.27 bits per heavy atom. The van der Waals surface area contributed by atoms with E-state index in [-0.39, 0.29) is 31.8 Å². The van der Waals surface area contributed by atoms with Crippen LogP contribution in [-0.4, -0.2) is 25.4 Å². The van der Waals surface area contributed by atoms with E-state index in [4.69, 9.17) is 4.74 Å². The van der Waals surface area contributed by atoms with Gasteiger partial charge in [0.15, 0.2) is 0 Å². The van der Waals surface area contributed by atoms with E-state index in [1.165, 1.54) is 7.05 Å². The molecule has 1 rings (SSSR count). The first kappa shape index (κ1) is 12.1. The second-order valence-electron chi connectivity index (χ2n) is 3.67. The summed E-state index contributed by atoms with van der Waals surface area (Å²) in [4.78, 5) is 10.8. The van der Waals surface area contributed by atoms with Crippen LogP contribution >= 0.6 is 0 Å². The molecule has 0 aliphatic heterocycles. The van der Waals surface area contributed by atoms with Crippen molar-refractivity contribution >= 4 is 6.09 Å². The van der Waals surface area contributed by atoms with Gasteiger partial charge in [0.05, 0.1) is 5.92 Å². The topological polar surface area (TPSA) is 38.3 Å². The average Bonchev–Trinajstić information content (AvgIpc) is 2.17. The van der Waals surface area contributed by atoms with Crippen molar-refractivity contribution in [3.63, 3.8) is 0 Å². The number of rotatable bonds is 1. The molecule has 1 amide bonds. The van der Waals surface area contributed by atoms with E-state index in [0.29, 0.717) is 0 Å². The van der Waals surface area contributed by atoms with Gasteiger partial charge in [-0.1, -0.05) is 0 Å². The number of hydrogen-bond donors (Lipinski definition) is 1. The second kappa shape index (κ2) is 4.72. The molecule has 0 spiro atoms. The van der Waals surface area contributed by atoms with E-state index in [1.54, 1.807) is 0 Å². The molecule has 88 valence electrons.